The summed E-state index contributed by atoms with van der Waals surface area (Å²) in [5.74, 6) is 0.613. The predicted molar refractivity (Wildman–Crippen MR) is 37.9 cm³/mol. The average molecular weight is 144 g/mol. The number of nitrogens with zero attached hydrogens (tertiary/aromatic N) is 2. The lowest BCUT2D eigenvalue weighted by Crippen LogP contribution is -1.96. The van der Waals surface area contributed by atoms with Gasteiger partial charge >= 0.3 is 0 Å². The Bertz CT molecular complexity index is 174. The summed E-state index contributed by atoms with van der Waals surface area (Å²) in [5.41, 5.74) is 10.4. The van der Waals surface area contributed by atoms with Crippen molar-refractivity contribution in [2.45, 2.75) is 0 Å². The fourth-order valence-electron chi connectivity index (χ4n) is 0.388. The third kappa shape index (κ3) is 2.81. The molecular weight excluding hydrogens is 135 g/mol. The van der Waals surface area contributed by atoms with Crippen LogP contribution in [0.3, 0.4) is 0 Å². The van der Waals surface area contributed by atoms with E-state index in [0.717, 1.165) is 0 Å². The largest absolute Gasteiger partial charge is 0.384 e. The number of aromatic nitrogens is 2. The van der Waals surface area contributed by atoms with Gasteiger partial charge < -0.3 is 11.5 Å². The minimum absolute atomic E-state index is 0.213. The van der Waals surface area contributed by atoms with Gasteiger partial charge in [0, 0.05) is 6.20 Å². The quantitative estimate of drug-likeness (QED) is 0.546. The molecule has 0 radical (unpaired) electrons. The van der Waals surface area contributed by atoms with Gasteiger partial charge in [0.25, 0.3) is 0 Å². The van der Waals surface area contributed by atoms with E-state index in [4.69, 9.17) is 11.5 Å². The molecule has 10 heavy (non-hydrogen) atoms. The first kappa shape index (κ1) is 8.61. The summed E-state index contributed by atoms with van der Waals surface area (Å²) in [6.07, 6.45) is 1.51. The molecule has 0 saturated heterocycles. The monoisotopic (exact) mass is 144 g/mol. The number of hydrogen-bond donors (Lipinski definition) is 2. The Labute approximate surface area is 58.1 Å². The number of nitrogens with two attached hydrogens (primary N) is 2. The van der Waals surface area contributed by atoms with E-state index in [9.17, 15) is 4.39 Å². The fourth-order valence-corrected chi connectivity index (χ4v) is 0.388. The second-order valence-electron chi connectivity index (χ2n) is 1.34. The van der Waals surface area contributed by atoms with E-state index < -0.39 is 0 Å². The van der Waals surface area contributed by atoms with E-state index in [0.29, 0.717) is 13.0 Å². The van der Waals surface area contributed by atoms with Gasteiger partial charge in [-0.1, -0.05) is 0 Å². The second kappa shape index (κ2) is 4.49. The molecule has 0 aliphatic carbocycles. The third-order valence-corrected chi connectivity index (χ3v) is 0.696. The molecule has 56 valence electrons. The normalized spacial score (nSPS) is 7.80. The first-order valence-electron chi connectivity index (χ1n) is 2.51. The molecule has 0 amide bonds. The lowest BCUT2D eigenvalue weighted by molar-refractivity contribution is 0.636. The van der Waals surface area contributed by atoms with Crippen molar-refractivity contribution in [3.05, 3.63) is 12.3 Å². The zero-order valence-electron chi connectivity index (χ0n) is 5.58. The number of nitrogen functional groups attached to an aromatic ring is 2. The number of alkyl halides is 1. The molecule has 0 bridgehead atoms. The van der Waals surface area contributed by atoms with Crippen LogP contribution < -0.4 is 11.5 Å². The van der Waals surface area contributed by atoms with Crippen LogP contribution in [0.5, 0.6) is 0 Å². The molecule has 0 saturated carbocycles. The highest BCUT2D eigenvalue weighted by Crippen LogP contribution is 1.94. The number of halogens is 1. The van der Waals surface area contributed by atoms with Gasteiger partial charge in [0.05, 0.1) is 7.18 Å². The van der Waals surface area contributed by atoms with Gasteiger partial charge in [0.1, 0.15) is 5.82 Å². The number of hydrogen-bond acceptors (Lipinski definition) is 4. The van der Waals surface area contributed by atoms with Crippen molar-refractivity contribution < 1.29 is 4.39 Å². The van der Waals surface area contributed by atoms with Crippen LogP contribution in [0.15, 0.2) is 12.3 Å². The van der Waals surface area contributed by atoms with Crippen molar-refractivity contribution in [3.63, 3.8) is 0 Å². The minimum atomic E-state index is 0.213. The van der Waals surface area contributed by atoms with Crippen molar-refractivity contribution in [1.29, 1.82) is 0 Å². The molecule has 0 spiro atoms. The van der Waals surface area contributed by atoms with Crippen molar-refractivity contribution in [2.24, 2.45) is 0 Å². The summed E-state index contributed by atoms with van der Waals surface area (Å²) in [7, 11) is 0.500. The Morgan fingerprint density at radius 2 is 2.00 bits per heavy atom. The van der Waals surface area contributed by atoms with Gasteiger partial charge in [-0.2, -0.15) is 4.98 Å². The minimum Gasteiger partial charge on any atom is -0.384 e. The summed E-state index contributed by atoms with van der Waals surface area (Å²) < 4.78 is 9.50. The molecule has 0 aliphatic rings. The van der Waals surface area contributed by atoms with Crippen molar-refractivity contribution in [2.75, 3.05) is 18.6 Å². The molecule has 4 nitrogen and oxygen atoms in total. The summed E-state index contributed by atoms with van der Waals surface area (Å²) in [5, 5.41) is 0. The summed E-state index contributed by atoms with van der Waals surface area (Å²) in [6.45, 7) is 0. The second-order valence-corrected chi connectivity index (χ2v) is 1.34. The molecule has 0 aliphatic heterocycles. The highest BCUT2D eigenvalue weighted by atomic mass is 19.1. The number of rotatable bonds is 0. The fraction of sp³-hybridized carbons (Fsp3) is 0.200. The molecule has 1 rings (SSSR count). The maximum Gasteiger partial charge on any atom is 0.221 e. The van der Waals surface area contributed by atoms with E-state index in [1.165, 1.54) is 6.20 Å². The molecule has 0 atom stereocenters. The summed E-state index contributed by atoms with van der Waals surface area (Å²) in [6, 6.07) is 1.58. The Balaban J connectivity index is 0.000000371. The van der Waals surface area contributed by atoms with Crippen LogP contribution in [0.25, 0.3) is 0 Å². The standard InChI is InChI=1S/C4H6N4.CH3F/c5-3-1-2-7-4(6)8-3;1-2/h1-2H,(H4,5,6,7,8);1H3. The topological polar surface area (TPSA) is 77.8 Å². The molecule has 1 aromatic rings. The highest BCUT2D eigenvalue weighted by molar-refractivity contribution is 5.31. The van der Waals surface area contributed by atoms with E-state index in [1.54, 1.807) is 6.07 Å². The van der Waals surface area contributed by atoms with Gasteiger partial charge in [-0.15, -0.1) is 0 Å². The number of anilines is 2. The maximum absolute atomic E-state index is 9.50. The van der Waals surface area contributed by atoms with Crippen molar-refractivity contribution in [1.82, 2.24) is 9.97 Å². The molecule has 5 heteroatoms. The molecule has 0 fully saturated rings. The van der Waals surface area contributed by atoms with Crippen LogP contribution in [-0.4, -0.2) is 17.1 Å². The summed E-state index contributed by atoms with van der Waals surface area (Å²) >= 11 is 0. The van der Waals surface area contributed by atoms with Crippen molar-refractivity contribution in [3.8, 4) is 0 Å². The zero-order chi connectivity index (χ0) is 7.98. The van der Waals surface area contributed by atoms with Crippen LogP contribution in [-0.2, 0) is 0 Å². The Morgan fingerprint density at radius 1 is 1.40 bits per heavy atom. The predicted octanol–water partition coefficient (Wildman–Crippen LogP) is 0.227. The van der Waals surface area contributed by atoms with E-state index >= 15 is 0 Å². The molecule has 1 heterocycles. The molecular formula is C5H9FN4. The zero-order valence-corrected chi connectivity index (χ0v) is 5.58. The first-order valence-corrected chi connectivity index (χ1v) is 2.51. The summed E-state index contributed by atoms with van der Waals surface area (Å²) in [4.78, 5) is 7.24. The van der Waals surface area contributed by atoms with E-state index in [1.807, 2.05) is 0 Å². The Hall–Kier alpha value is -1.39. The van der Waals surface area contributed by atoms with E-state index in [-0.39, 0.29) is 5.95 Å². The third-order valence-electron chi connectivity index (χ3n) is 0.696. The van der Waals surface area contributed by atoms with Crippen molar-refractivity contribution >= 4 is 11.8 Å². The lowest BCUT2D eigenvalue weighted by Gasteiger charge is -1.89. The van der Waals surface area contributed by atoms with Gasteiger partial charge in [-0.3, -0.25) is 4.39 Å². The van der Waals surface area contributed by atoms with Gasteiger partial charge in [0.2, 0.25) is 5.95 Å². The average Bonchev–Trinajstić information content (AvgIpc) is 1.91. The Kier molecular flexibility index (Phi) is 3.86. The SMILES string of the molecule is CF.Nc1ccnc(N)n1. The molecule has 1 aromatic heterocycles. The highest BCUT2D eigenvalue weighted by Gasteiger charge is 1.84. The lowest BCUT2D eigenvalue weighted by atomic mass is 10.6. The van der Waals surface area contributed by atoms with E-state index in [2.05, 4.69) is 9.97 Å². The van der Waals surface area contributed by atoms with Gasteiger partial charge in [-0.05, 0) is 6.07 Å². The smallest absolute Gasteiger partial charge is 0.221 e. The van der Waals surface area contributed by atoms with Crippen LogP contribution in [0.4, 0.5) is 16.2 Å². The molecule has 0 aromatic carbocycles. The Morgan fingerprint density at radius 3 is 2.30 bits per heavy atom. The first-order chi connectivity index (χ1) is 4.79. The maximum atomic E-state index is 9.50. The van der Waals surface area contributed by atoms with Crippen LogP contribution >= 0.6 is 0 Å². The molecule has 0 unspecified atom stereocenters. The van der Waals surface area contributed by atoms with Crippen LogP contribution in [0.1, 0.15) is 0 Å². The van der Waals surface area contributed by atoms with Gasteiger partial charge in [0.15, 0.2) is 0 Å². The van der Waals surface area contributed by atoms with Crippen LogP contribution in [0, 0.1) is 0 Å². The molecule has 4 N–H and O–H groups in total. The van der Waals surface area contributed by atoms with Crippen LogP contribution in [0.2, 0.25) is 0 Å². The van der Waals surface area contributed by atoms with Gasteiger partial charge in [-0.25, -0.2) is 4.98 Å².